The number of carboxylic acid groups (broad SMARTS) is 2. The molecule has 1 fully saturated rings. The zero-order valence-corrected chi connectivity index (χ0v) is 20.4. The number of nitrogens with one attached hydrogen (secondary N) is 2. The van der Waals surface area contributed by atoms with Gasteiger partial charge in [-0.05, 0) is 48.2 Å². The van der Waals surface area contributed by atoms with E-state index < -0.39 is 23.1 Å². The molecule has 4 rings (SSSR count). The van der Waals surface area contributed by atoms with Gasteiger partial charge in [0.2, 0.25) is 0 Å². The smallest absolute Gasteiger partial charge is 0.354 e. The summed E-state index contributed by atoms with van der Waals surface area (Å²) in [4.78, 5) is 61.9. The van der Waals surface area contributed by atoms with E-state index in [0.717, 1.165) is 11.8 Å². The summed E-state index contributed by atoms with van der Waals surface area (Å²) < 4.78 is 5.72. The summed E-state index contributed by atoms with van der Waals surface area (Å²) in [6.45, 7) is 0.253. The van der Waals surface area contributed by atoms with Crippen LogP contribution in [0.1, 0.15) is 37.1 Å². The summed E-state index contributed by atoms with van der Waals surface area (Å²) in [5, 5.41) is 22.7. The van der Waals surface area contributed by atoms with Crippen LogP contribution < -0.4 is 10.6 Å². The van der Waals surface area contributed by atoms with E-state index in [1.54, 1.807) is 36.4 Å². The number of nitrogens with zero attached hydrogens (tertiary/aromatic N) is 1. The van der Waals surface area contributed by atoms with Crippen LogP contribution in [0.25, 0.3) is 17.4 Å². The Morgan fingerprint density at radius 3 is 2.30 bits per heavy atom. The molecule has 0 saturated carbocycles. The van der Waals surface area contributed by atoms with E-state index in [1.807, 2.05) is 0 Å². The Hall–Kier alpha value is -4.36. The van der Waals surface area contributed by atoms with Crippen LogP contribution in [-0.2, 0) is 4.79 Å². The molecule has 0 aliphatic carbocycles. The van der Waals surface area contributed by atoms with Crippen LogP contribution in [0.5, 0.6) is 0 Å². The molecule has 1 aromatic carbocycles. The van der Waals surface area contributed by atoms with Gasteiger partial charge >= 0.3 is 11.9 Å². The lowest BCUT2D eigenvalue weighted by Gasteiger charge is -2.07. The molecule has 0 unspecified atom stereocenters. The number of pyridine rings is 1. The average Bonchev–Trinajstić information content (AvgIpc) is 3.47. The minimum Gasteiger partial charge on any atom is -0.477 e. The standard InChI is InChI=1S/C24H17N3O8S2/c28-20(25-7-8-36-15-10-16(22(30)31)26-17(11-15)23(32)33)13-3-1-12(2-4-13)18-6-5-14(35-18)9-19-21(29)27-24(34)37-19/h1-6,9-11H,7-8H2,(H,25,28)(H,30,31)(H,32,33)(H,27,29,34)/b19-9+. The lowest BCUT2D eigenvalue weighted by Crippen LogP contribution is -2.25. The van der Waals surface area contributed by atoms with Crippen molar-refractivity contribution in [1.29, 1.82) is 0 Å². The summed E-state index contributed by atoms with van der Waals surface area (Å²) >= 11 is 1.99. The van der Waals surface area contributed by atoms with Gasteiger partial charge in [-0.1, -0.05) is 12.1 Å². The largest absolute Gasteiger partial charge is 0.477 e. The second-order valence-corrected chi connectivity index (χ2v) is 9.60. The highest BCUT2D eigenvalue weighted by molar-refractivity contribution is 8.18. The molecule has 37 heavy (non-hydrogen) atoms. The summed E-state index contributed by atoms with van der Waals surface area (Å²) in [6, 6.07) is 12.6. The van der Waals surface area contributed by atoms with E-state index in [9.17, 15) is 24.0 Å². The fourth-order valence-corrected chi connectivity index (χ4v) is 4.66. The van der Waals surface area contributed by atoms with Gasteiger partial charge in [-0.3, -0.25) is 19.7 Å². The van der Waals surface area contributed by atoms with Crippen LogP contribution in [0, 0.1) is 0 Å². The van der Waals surface area contributed by atoms with Crippen LogP contribution in [0.4, 0.5) is 4.79 Å². The van der Waals surface area contributed by atoms with E-state index >= 15 is 0 Å². The number of carbonyl (C=O) groups is 5. The molecule has 0 spiro atoms. The molecule has 3 aromatic rings. The number of imide groups is 1. The number of aromatic carboxylic acids is 2. The second kappa shape index (κ2) is 11.1. The highest BCUT2D eigenvalue weighted by atomic mass is 32.2. The van der Waals surface area contributed by atoms with Crippen LogP contribution in [0.15, 0.2) is 62.7 Å². The van der Waals surface area contributed by atoms with Gasteiger partial charge in [0.15, 0.2) is 0 Å². The Bertz CT molecular complexity index is 1410. The number of rotatable bonds is 9. The van der Waals surface area contributed by atoms with E-state index in [2.05, 4.69) is 15.6 Å². The van der Waals surface area contributed by atoms with Crippen LogP contribution in [-0.4, -0.2) is 56.5 Å². The third-order valence-electron chi connectivity index (χ3n) is 4.87. The Morgan fingerprint density at radius 2 is 1.70 bits per heavy atom. The van der Waals surface area contributed by atoms with E-state index in [4.69, 9.17) is 14.6 Å². The van der Waals surface area contributed by atoms with Gasteiger partial charge in [0.05, 0.1) is 4.91 Å². The van der Waals surface area contributed by atoms with Crippen LogP contribution >= 0.6 is 23.5 Å². The van der Waals surface area contributed by atoms with Crippen LogP contribution in [0.3, 0.4) is 0 Å². The minimum absolute atomic E-state index is 0.240. The number of aromatic nitrogens is 1. The first-order valence-corrected chi connectivity index (χ1v) is 12.3. The number of benzene rings is 1. The lowest BCUT2D eigenvalue weighted by atomic mass is 10.1. The molecule has 1 aliphatic heterocycles. The van der Waals surface area contributed by atoms with Gasteiger partial charge in [0.25, 0.3) is 17.1 Å². The van der Waals surface area contributed by atoms with Crippen molar-refractivity contribution in [3.63, 3.8) is 0 Å². The zero-order chi connectivity index (χ0) is 26.5. The van der Waals surface area contributed by atoms with Gasteiger partial charge in [0, 0.05) is 34.4 Å². The molecule has 0 atom stereocenters. The van der Waals surface area contributed by atoms with Crippen molar-refractivity contribution in [3.8, 4) is 11.3 Å². The zero-order valence-electron chi connectivity index (χ0n) is 18.7. The molecule has 0 radical (unpaired) electrons. The molecule has 1 saturated heterocycles. The van der Waals surface area contributed by atoms with Crippen LogP contribution in [0.2, 0.25) is 0 Å². The molecule has 11 nitrogen and oxygen atoms in total. The van der Waals surface area contributed by atoms with Gasteiger partial charge in [-0.15, -0.1) is 11.8 Å². The molecular weight excluding hydrogens is 522 g/mol. The lowest BCUT2D eigenvalue weighted by molar-refractivity contribution is -0.115. The normalized spacial score (nSPS) is 14.0. The molecular formula is C24H17N3O8S2. The maximum absolute atomic E-state index is 12.5. The number of amides is 3. The van der Waals surface area contributed by atoms with Crippen molar-refractivity contribution >= 4 is 58.6 Å². The Kier molecular flexibility index (Phi) is 7.74. The van der Waals surface area contributed by atoms with Gasteiger partial charge in [0.1, 0.15) is 22.9 Å². The third kappa shape index (κ3) is 6.45. The van der Waals surface area contributed by atoms with Crippen molar-refractivity contribution in [2.45, 2.75) is 4.90 Å². The predicted molar refractivity (Wildman–Crippen MR) is 134 cm³/mol. The molecule has 2 aromatic heterocycles. The first kappa shape index (κ1) is 25.7. The number of carbonyl (C=O) groups excluding carboxylic acids is 3. The molecule has 0 bridgehead atoms. The number of hydrogen-bond donors (Lipinski definition) is 4. The minimum atomic E-state index is -1.33. The van der Waals surface area contributed by atoms with Gasteiger partial charge in [-0.2, -0.15) is 0 Å². The summed E-state index contributed by atoms with van der Waals surface area (Å²) in [6.07, 6.45) is 1.48. The maximum atomic E-state index is 12.5. The molecule has 4 N–H and O–H groups in total. The summed E-state index contributed by atoms with van der Waals surface area (Å²) in [7, 11) is 0. The SMILES string of the molecule is O=C1NC(=O)/C(=C\c2ccc(-c3ccc(C(=O)NCCSc4cc(C(=O)O)nc(C(=O)O)c4)cc3)o2)S1. The van der Waals surface area contributed by atoms with E-state index in [0.29, 0.717) is 33.3 Å². The molecule has 3 heterocycles. The molecule has 188 valence electrons. The Morgan fingerprint density at radius 1 is 1.03 bits per heavy atom. The predicted octanol–water partition coefficient (Wildman–Crippen LogP) is 3.58. The van der Waals surface area contributed by atoms with Crippen molar-refractivity contribution in [2.75, 3.05) is 12.3 Å². The van der Waals surface area contributed by atoms with Crippen molar-refractivity contribution in [3.05, 3.63) is 76.1 Å². The first-order valence-electron chi connectivity index (χ1n) is 10.5. The topological polar surface area (TPSA) is 176 Å². The fraction of sp³-hybridized carbons (Fsp3) is 0.0833. The quantitative estimate of drug-likeness (QED) is 0.178. The fourth-order valence-electron chi connectivity index (χ4n) is 3.17. The number of thioether (sulfide) groups is 2. The monoisotopic (exact) mass is 539 g/mol. The number of hydrogen-bond acceptors (Lipinski definition) is 9. The Balaban J connectivity index is 1.32. The third-order valence-corrected chi connectivity index (χ3v) is 6.66. The second-order valence-electron chi connectivity index (χ2n) is 7.42. The average molecular weight is 540 g/mol. The summed E-state index contributed by atoms with van der Waals surface area (Å²) in [5.74, 6) is -2.16. The highest BCUT2D eigenvalue weighted by Gasteiger charge is 2.25. The first-order chi connectivity index (χ1) is 17.7. The summed E-state index contributed by atoms with van der Waals surface area (Å²) in [5.41, 5.74) is 0.373. The molecule has 3 amide bonds. The Labute approximate surface area is 217 Å². The van der Waals surface area contributed by atoms with Gasteiger partial charge in [-0.25, -0.2) is 14.6 Å². The van der Waals surface area contributed by atoms with Crippen molar-refractivity contribution in [2.24, 2.45) is 0 Å². The van der Waals surface area contributed by atoms with E-state index in [1.165, 1.54) is 30.0 Å². The molecule has 1 aliphatic rings. The van der Waals surface area contributed by atoms with E-state index in [-0.39, 0.29) is 28.7 Å². The maximum Gasteiger partial charge on any atom is 0.354 e. The van der Waals surface area contributed by atoms with Gasteiger partial charge < -0.3 is 19.9 Å². The highest BCUT2D eigenvalue weighted by Crippen LogP contribution is 2.28. The van der Waals surface area contributed by atoms with Crippen molar-refractivity contribution in [1.82, 2.24) is 15.6 Å². The molecule has 13 heteroatoms. The van der Waals surface area contributed by atoms with Crippen molar-refractivity contribution < 1.29 is 38.6 Å². The number of carboxylic acids is 2. The number of furan rings is 1.